The van der Waals surface area contributed by atoms with Crippen LogP contribution >= 0.6 is 0 Å². The Bertz CT molecular complexity index is 551. The Balaban J connectivity index is 1.79. The molecule has 1 aromatic rings. The number of ether oxygens (including phenoxy) is 2. The summed E-state index contributed by atoms with van der Waals surface area (Å²) in [4.78, 5) is 13.9. The van der Waals surface area contributed by atoms with Gasteiger partial charge >= 0.3 is 6.09 Å². The summed E-state index contributed by atoms with van der Waals surface area (Å²) in [7, 11) is 0. The van der Waals surface area contributed by atoms with Gasteiger partial charge in [-0.2, -0.15) is 0 Å². The summed E-state index contributed by atoms with van der Waals surface area (Å²) < 4.78 is 11.4. The number of anilines is 1. The second kappa shape index (κ2) is 4.38. The topological polar surface area (TPSA) is 64.8 Å². The molecule has 0 radical (unpaired) electrons. The van der Waals surface area contributed by atoms with Gasteiger partial charge in [0, 0.05) is 5.69 Å². The molecule has 2 aliphatic rings. The molecule has 1 fully saturated rings. The Morgan fingerprint density at radius 3 is 2.60 bits per heavy atom. The van der Waals surface area contributed by atoms with E-state index >= 15 is 0 Å². The summed E-state index contributed by atoms with van der Waals surface area (Å²) in [5.74, 6) is 0. The first-order chi connectivity index (χ1) is 9.33. The average Bonchev–Trinajstić information content (AvgIpc) is 2.58. The Morgan fingerprint density at radius 1 is 1.30 bits per heavy atom. The van der Waals surface area contributed by atoms with E-state index < -0.39 is 5.60 Å². The van der Waals surface area contributed by atoms with Crippen LogP contribution in [0, 0.1) is 0 Å². The van der Waals surface area contributed by atoms with Crippen molar-refractivity contribution in [1.82, 2.24) is 4.90 Å². The number of carbonyl (C=O) groups is 1. The molecule has 2 atom stereocenters. The standard InChI is InChI=1S/C15H20N2O3/c1-15(2,3)20-14(18)17-7-12-10-5-4-9(16)6-11(10)13(8-17)19-12/h4-6,12-13H,7-8,16H2,1-3H3. The molecule has 2 bridgehead atoms. The third-order valence-corrected chi connectivity index (χ3v) is 3.56. The maximum atomic E-state index is 12.2. The molecule has 5 heteroatoms. The highest BCUT2D eigenvalue weighted by atomic mass is 16.6. The van der Waals surface area contributed by atoms with Crippen LogP contribution in [0.1, 0.15) is 44.1 Å². The largest absolute Gasteiger partial charge is 0.444 e. The minimum atomic E-state index is -0.480. The van der Waals surface area contributed by atoms with E-state index in [9.17, 15) is 4.79 Å². The third-order valence-electron chi connectivity index (χ3n) is 3.56. The van der Waals surface area contributed by atoms with Crippen molar-refractivity contribution in [2.45, 2.75) is 38.6 Å². The van der Waals surface area contributed by atoms with Crippen molar-refractivity contribution < 1.29 is 14.3 Å². The van der Waals surface area contributed by atoms with Gasteiger partial charge in [-0.1, -0.05) is 6.07 Å². The molecule has 5 nitrogen and oxygen atoms in total. The first-order valence-electron chi connectivity index (χ1n) is 6.86. The van der Waals surface area contributed by atoms with Crippen LogP contribution in [-0.4, -0.2) is 29.7 Å². The number of nitrogen functional groups attached to an aromatic ring is 1. The minimum Gasteiger partial charge on any atom is -0.444 e. The summed E-state index contributed by atoms with van der Waals surface area (Å²) in [6.45, 7) is 6.66. The molecule has 2 heterocycles. The van der Waals surface area contributed by atoms with E-state index in [1.807, 2.05) is 39.0 Å². The predicted octanol–water partition coefficient (Wildman–Crippen LogP) is 2.63. The number of fused-ring (bicyclic) bond motifs is 5. The molecule has 1 amide bonds. The maximum absolute atomic E-state index is 12.2. The molecule has 0 aliphatic carbocycles. The molecular weight excluding hydrogens is 256 g/mol. The van der Waals surface area contributed by atoms with Crippen LogP contribution in [0.4, 0.5) is 10.5 Å². The number of carbonyl (C=O) groups excluding carboxylic acids is 1. The highest BCUT2D eigenvalue weighted by Crippen LogP contribution is 2.44. The second-order valence-corrected chi connectivity index (χ2v) is 6.39. The van der Waals surface area contributed by atoms with Crippen LogP contribution in [0.2, 0.25) is 0 Å². The first kappa shape index (κ1) is 13.2. The van der Waals surface area contributed by atoms with E-state index in [0.717, 1.165) is 16.8 Å². The highest BCUT2D eigenvalue weighted by Gasteiger charge is 2.41. The molecular formula is C15H20N2O3. The molecule has 3 rings (SSSR count). The Hall–Kier alpha value is -1.75. The van der Waals surface area contributed by atoms with Gasteiger partial charge in [0.15, 0.2) is 0 Å². The Labute approximate surface area is 118 Å². The number of amides is 1. The van der Waals surface area contributed by atoms with Gasteiger partial charge in [0.2, 0.25) is 0 Å². The Kier molecular flexibility index (Phi) is 2.90. The lowest BCUT2D eigenvalue weighted by Gasteiger charge is -2.33. The van der Waals surface area contributed by atoms with Gasteiger partial charge < -0.3 is 20.1 Å². The van der Waals surface area contributed by atoms with Crippen LogP contribution in [0.25, 0.3) is 0 Å². The zero-order valence-electron chi connectivity index (χ0n) is 12.1. The van der Waals surface area contributed by atoms with Gasteiger partial charge in [-0.15, -0.1) is 0 Å². The van der Waals surface area contributed by atoms with E-state index in [2.05, 4.69) is 0 Å². The van der Waals surface area contributed by atoms with Gasteiger partial charge in [0.1, 0.15) is 17.8 Å². The summed E-state index contributed by atoms with van der Waals surface area (Å²) in [5, 5.41) is 0. The molecule has 0 aromatic heterocycles. The van der Waals surface area contributed by atoms with E-state index in [1.54, 1.807) is 4.90 Å². The SMILES string of the molecule is CC(C)(C)OC(=O)N1CC2OC(C1)c1cc(N)ccc12. The molecule has 1 saturated heterocycles. The van der Waals surface area contributed by atoms with Crippen LogP contribution < -0.4 is 5.73 Å². The summed E-state index contributed by atoms with van der Waals surface area (Å²) >= 11 is 0. The number of rotatable bonds is 0. The van der Waals surface area contributed by atoms with Crippen molar-refractivity contribution in [3.8, 4) is 0 Å². The normalized spacial score (nSPS) is 24.4. The fraction of sp³-hybridized carbons (Fsp3) is 0.533. The minimum absolute atomic E-state index is 0.0723. The molecule has 2 aliphatic heterocycles. The first-order valence-corrected chi connectivity index (χ1v) is 6.86. The third kappa shape index (κ3) is 2.33. The van der Waals surface area contributed by atoms with Gasteiger partial charge in [0.05, 0.1) is 13.1 Å². The molecule has 0 spiro atoms. The van der Waals surface area contributed by atoms with E-state index in [4.69, 9.17) is 15.2 Å². The van der Waals surface area contributed by atoms with Gasteiger partial charge in [-0.05, 0) is 44.0 Å². The number of hydrogen-bond donors (Lipinski definition) is 1. The molecule has 1 aromatic carbocycles. The van der Waals surface area contributed by atoms with Crippen molar-refractivity contribution in [2.75, 3.05) is 18.8 Å². The molecule has 2 N–H and O–H groups in total. The lowest BCUT2D eigenvalue weighted by atomic mass is 10.0. The number of benzene rings is 1. The molecule has 20 heavy (non-hydrogen) atoms. The van der Waals surface area contributed by atoms with Gasteiger partial charge in [-0.25, -0.2) is 4.79 Å². The smallest absolute Gasteiger partial charge is 0.410 e. The monoisotopic (exact) mass is 276 g/mol. The van der Waals surface area contributed by atoms with Crippen LogP contribution in [0.15, 0.2) is 18.2 Å². The predicted molar refractivity (Wildman–Crippen MR) is 75.2 cm³/mol. The zero-order valence-corrected chi connectivity index (χ0v) is 12.1. The van der Waals surface area contributed by atoms with Crippen molar-refractivity contribution in [3.63, 3.8) is 0 Å². The summed E-state index contributed by atoms with van der Waals surface area (Å²) in [6.07, 6.45) is -0.451. The van der Waals surface area contributed by atoms with E-state index in [0.29, 0.717) is 13.1 Å². The van der Waals surface area contributed by atoms with Crippen molar-refractivity contribution >= 4 is 11.8 Å². The van der Waals surface area contributed by atoms with Gasteiger partial charge in [0.25, 0.3) is 0 Å². The van der Waals surface area contributed by atoms with Crippen molar-refractivity contribution in [2.24, 2.45) is 0 Å². The highest BCUT2D eigenvalue weighted by molar-refractivity contribution is 5.69. The average molecular weight is 276 g/mol. The number of hydrogen-bond acceptors (Lipinski definition) is 4. The van der Waals surface area contributed by atoms with E-state index in [1.165, 1.54) is 0 Å². The molecule has 0 saturated carbocycles. The number of morpholine rings is 1. The molecule has 108 valence electrons. The number of nitrogens with two attached hydrogens (primary N) is 1. The van der Waals surface area contributed by atoms with Crippen LogP contribution in [0.5, 0.6) is 0 Å². The molecule has 2 unspecified atom stereocenters. The number of nitrogens with zero attached hydrogens (tertiary/aromatic N) is 1. The Morgan fingerprint density at radius 2 is 1.95 bits per heavy atom. The lowest BCUT2D eigenvalue weighted by Crippen LogP contribution is -2.43. The quantitative estimate of drug-likeness (QED) is 0.740. The van der Waals surface area contributed by atoms with Crippen LogP contribution in [0.3, 0.4) is 0 Å². The lowest BCUT2D eigenvalue weighted by molar-refractivity contribution is -0.0722. The fourth-order valence-corrected chi connectivity index (χ4v) is 2.74. The fourth-order valence-electron chi connectivity index (χ4n) is 2.74. The summed E-state index contributed by atoms with van der Waals surface area (Å²) in [5.41, 5.74) is 8.31. The van der Waals surface area contributed by atoms with E-state index in [-0.39, 0.29) is 18.3 Å². The van der Waals surface area contributed by atoms with Crippen molar-refractivity contribution in [3.05, 3.63) is 29.3 Å². The van der Waals surface area contributed by atoms with Gasteiger partial charge in [-0.3, -0.25) is 0 Å². The maximum Gasteiger partial charge on any atom is 0.410 e. The zero-order chi connectivity index (χ0) is 14.5. The second-order valence-electron chi connectivity index (χ2n) is 6.39. The van der Waals surface area contributed by atoms with Crippen molar-refractivity contribution in [1.29, 1.82) is 0 Å². The summed E-state index contributed by atoms with van der Waals surface area (Å²) in [6, 6.07) is 5.81. The van der Waals surface area contributed by atoms with Crippen LogP contribution in [-0.2, 0) is 9.47 Å².